The Morgan fingerprint density at radius 1 is 1.35 bits per heavy atom. The number of rotatable bonds is 6. The average molecular weight is 239 g/mol. The predicted molar refractivity (Wildman–Crippen MR) is 70.0 cm³/mol. The lowest BCUT2D eigenvalue weighted by atomic mass is 10.0. The third-order valence-electron chi connectivity index (χ3n) is 3.35. The topological polar surface area (TPSA) is 39.1 Å². The van der Waals surface area contributed by atoms with Crippen LogP contribution in [0.5, 0.6) is 0 Å². The second-order valence-electron chi connectivity index (χ2n) is 4.96. The zero-order valence-electron chi connectivity index (χ0n) is 11.9. The Kier molecular flexibility index (Phi) is 5.15. The van der Waals surface area contributed by atoms with Crippen LogP contribution in [0.4, 0.5) is 0 Å². The summed E-state index contributed by atoms with van der Waals surface area (Å²) in [6, 6.07) is 0.388. The number of nitrogens with one attached hydrogen (secondary N) is 1. The number of hydrogen-bond donors (Lipinski definition) is 1. The molecular weight excluding hydrogens is 214 g/mol. The molecule has 98 valence electrons. The van der Waals surface area contributed by atoms with Gasteiger partial charge < -0.3 is 10.1 Å². The lowest BCUT2D eigenvalue weighted by Gasteiger charge is -2.21. The fourth-order valence-electron chi connectivity index (χ4n) is 1.97. The van der Waals surface area contributed by atoms with E-state index in [9.17, 15) is 0 Å². The third-order valence-corrected chi connectivity index (χ3v) is 3.35. The second kappa shape index (κ2) is 6.17. The van der Waals surface area contributed by atoms with Crippen molar-refractivity contribution in [1.29, 1.82) is 0 Å². The van der Waals surface area contributed by atoms with Crippen LogP contribution in [0.2, 0.25) is 0 Å². The van der Waals surface area contributed by atoms with Gasteiger partial charge in [0.2, 0.25) is 0 Å². The molecule has 0 bridgehead atoms. The van der Waals surface area contributed by atoms with Gasteiger partial charge in [0.15, 0.2) is 0 Å². The molecule has 0 fully saturated rings. The molecule has 4 nitrogen and oxygen atoms in total. The van der Waals surface area contributed by atoms with E-state index in [2.05, 4.69) is 38.1 Å². The summed E-state index contributed by atoms with van der Waals surface area (Å²) in [6.07, 6.45) is 0. The highest BCUT2D eigenvalue weighted by molar-refractivity contribution is 5.24. The fraction of sp³-hybridized carbons (Fsp3) is 0.769. The molecule has 0 aliphatic rings. The van der Waals surface area contributed by atoms with E-state index in [4.69, 9.17) is 4.74 Å². The van der Waals surface area contributed by atoms with Crippen LogP contribution in [-0.2, 0) is 18.3 Å². The first-order valence-electron chi connectivity index (χ1n) is 6.18. The Balaban J connectivity index is 2.65. The first-order valence-corrected chi connectivity index (χ1v) is 6.18. The molecule has 0 radical (unpaired) electrons. The molecule has 1 heterocycles. The molecule has 0 aliphatic heterocycles. The van der Waals surface area contributed by atoms with Crippen LogP contribution in [-0.4, -0.2) is 29.5 Å². The molecule has 17 heavy (non-hydrogen) atoms. The van der Waals surface area contributed by atoms with E-state index in [-0.39, 0.29) is 0 Å². The highest BCUT2D eigenvalue weighted by Gasteiger charge is 2.15. The maximum atomic E-state index is 5.24. The Morgan fingerprint density at radius 3 is 2.41 bits per heavy atom. The van der Waals surface area contributed by atoms with Gasteiger partial charge in [-0.3, -0.25) is 4.68 Å². The van der Waals surface area contributed by atoms with Gasteiger partial charge >= 0.3 is 0 Å². The van der Waals surface area contributed by atoms with Gasteiger partial charge in [-0.25, -0.2) is 0 Å². The monoisotopic (exact) mass is 239 g/mol. The van der Waals surface area contributed by atoms with E-state index in [1.807, 2.05) is 11.7 Å². The summed E-state index contributed by atoms with van der Waals surface area (Å²) in [7, 11) is 3.73. The van der Waals surface area contributed by atoms with E-state index < -0.39 is 0 Å². The normalized spacial score (nSPS) is 13.4. The third kappa shape index (κ3) is 3.54. The summed E-state index contributed by atoms with van der Waals surface area (Å²) >= 11 is 0. The number of nitrogens with zero attached hydrogens (tertiary/aromatic N) is 2. The van der Waals surface area contributed by atoms with Gasteiger partial charge in [-0.1, -0.05) is 13.8 Å². The van der Waals surface area contributed by atoms with Crippen molar-refractivity contribution in [2.24, 2.45) is 13.0 Å². The maximum Gasteiger partial charge on any atom is 0.0641 e. The van der Waals surface area contributed by atoms with Crippen LogP contribution in [0, 0.1) is 19.8 Å². The summed E-state index contributed by atoms with van der Waals surface area (Å²) in [5.74, 6) is 0.562. The molecular formula is C13H25N3O. The van der Waals surface area contributed by atoms with Crippen molar-refractivity contribution in [3.05, 3.63) is 17.0 Å². The van der Waals surface area contributed by atoms with Gasteiger partial charge in [-0.2, -0.15) is 5.10 Å². The van der Waals surface area contributed by atoms with Crippen molar-refractivity contribution < 1.29 is 4.74 Å². The number of aromatic nitrogens is 2. The lowest BCUT2D eigenvalue weighted by molar-refractivity contribution is 0.146. The lowest BCUT2D eigenvalue weighted by Crippen LogP contribution is -2.37. The summed E-state index contributed by atoms with van der Waals surface area (Å²) < 4.78 is 7.17. The Morgan fingerprint density at radius 2 is 2.00 bits per heavy atom. The van der Waals surface area contributed by atoms with E-state index in [1.54, 1.807) is 7.11 Å². The van der Waals surface area contributed by atoms with Gasteiger partial charge in [0, 0.05) is 38.0 Å². The van der Waals surface area contributed by atoms with Crippen molar-refractivity contribution in [1.82, 2.24) is 15.1 Å². The molecule has 0 saturated heterocycles. The van der Waals surface area contributed by atoms with Gasteiger partial charge in [0.25, 0.3) is 0 Å². The minimum atomic E-state index is 0.388. The van der Waals surface area contributed by atoms with Crippen LogP contribution in [0.3, 0.4) is 0 Å². The minimum Gasteiger partial charge on any atom is -0.383 e. The Labute approximate surface area is 104 Å². The first kappa shape index (κ1) is 14.2. The average Bonchev–Trinajstić information content (AvgIpc) is 2.49. The highest BCUT2D eigenvalue weighted by atomic mass is 16.5. The van der Waals surface area contributed by atoms with Crippen molar-refractivity contribution in [2.45, 2.75) is 40.3 Å². The molecule has 4 heteroatoms. The molecule has 0 aromatic carbocycles. The van der Waals surface area contributed by atoms with E-state index in [1.165, 1.54) is 11.3 Å². The number of hydrogen-bond acceptors (Lipinski definition) is 3. The SMILES string of the molecule is COCC(NCc1c(C)nn(C)c1C)C(C)C. The zero-order chi connectivity index (χ0) is 13.0. The van der Waals surface area contributed by atoms with E-state index in [0.717, 1.165) is 18.8 Å². The second-order valence-corrected chi connectivity index (χ2v) is 4.96. The summed E-state index contributed by atoms with van der Waals surface area (Å²) in [5.41, 5.74) is 3.64. The molecule has 1 unspecified atom stereocenters. The molecule has 0 saturated carbocycles. The summed E-state index contributed by atoms with van der Waals surface area (Å²) in [4.78, 5) is 0. The van der Waals surface area contributed by atoms with Crippen LogP contribution in [0.1, 0.15) is 30.8 Å². The van der Waals surface area contributed by atoms with Gasteiger partial charge in [-0.05, 0) is 19.8 Å². The number of aryl methyl sites for hydroxylation is 2. The van der Waals surface area contributed by atoms with E-state index in [0.29, 0.717) is 12.0 Å². The number of methoxy groups -OCH3 is 1. The predicted octanol–water partition coefficient (Wildman–Crippen LogP) is 1.80. The number of ether oxygens (including phenoxy) is 1. The first-order chi connectivity index (χ1) is 7.97. The highest BCUT2D eigenvalue weighted by Crippen LogP contribution is 2.12. The summed E-state index contributed by atoms with van der Waals surface area (Å²) in [6.45, 7) is 10.2. The van der Waals surface area contributed by atoms with Crippen LogP contribution >= 0.6 is 0 Å². The Hall–Kier alpha value is -0.870. The summed E-state index contributed by atoms with van der Waals surface area (Å²) in [5, 5.41) is 7.98. The van der Waals surface area contributed by atoms with Crippen molar-refractivity contribution in [3.63, 3.8) is 0 Å². The maximum absolute atomic E-state index is 5.24. The fourth-order valence-corrected chi connectivity index (χ4v) is 1.97. The molecule has 1 aromatic heterocycles. The quantitative estimate of drug-likeness (QED) is 0.822. The minimum absolute atomic E-state index is 0.388. The van der Waals surface area contributed by atoms with Crippen molar-refractivity contribution in [2.75, 3.05) is 13.7 Å². The molecule has 1 atom stereocenters. The van der Waals surface area contributed by atoms with Crippen LogP contribution in [0.15, 0.2) is 0 Å². The molecule has 1 rings (SSSR count). The molecule has 1 N–H and O–H groups in total. The van der Waals surface area contributed by atoms with Crippen LogP contribution < -0.4 is 5.32 Å². The molecule has 1 aromatic rings. The van der Waals surface area contributed by atoms with Gasteiger partial charge in [0.05, 0.1) is 12.3 Å². The smallest absolute Gasteiger partial charge is 0.0641 e. The van der Waals surface area contributed by atoms with Crippen molar-refractivity contribution >= 4 is 0 Å². The molecule has 0 amide bonds. The Bertz CT molecular complexity index is 358. The zero-order valence-corrected chi connectivity index (χ0v) is 11.9. The van der Waals surface area contributed by atoms with E-state index >= 15 is 0 Å². The van der Waals surface area contributed by atoms with Gasteiger partial charge in [-0.15, -0.1) is 0 Å². The van der Waals surface area contributed by atoms with Gasteiger partial charge in [0.1, 0.15) is 0 Å². The molecule has 0 spiro atoms. The largest absolute Gasteiger partial charge is 0.383 e. The standard InChI is InChI=1S/C13H25N3O/c1-9(2)13(8-17-6)14-7-12-10(3)15-16(5)11(12)4/h9,13-14H,7-8H2,1-6H3. The van der Waals surface area contributed by atoms with Crippen molar-refractivity contribution in [3.8, 4) is 0 Å². The van der Waals surface area contributed by atoms with Crippen LogP contribution in [0.25, 0.3) is 0 Å². The molecule has 0 aliphatic carbocycles.